The van der Waals surface area contributed by atoms with Crippen molar-refractivity contribution in [1.82, 2.24) is 5.43 Å². The molecule has 1 aliphatic heterocycles. The molecule has 1 aliphatic rings. The average Bonchev–Trinajstić information content (AvgIpc) is 2.84. The van der Waals surface area contributed by atoms with Crippen LogP contribution in [0.15, 0.2) is 16.6 Å². The molecular weight excluding hydrogens is 332 g/mol. The molecule has 1 heterocycles. The molecule has 118 valence electrons. The van der Waals surface area contributed by atoms with Crippen LogP contribution in [0.4, 0.5) is 0 Å². The van der Waals surface area contributed by atoms with Gasteiger partial charge in [0.15, 0.2) is 0 Å². The predicted octanol–water partition coefficient (Wildman–Crippen LogP) is 2.82. The molecule has 21 heavy (non-hydrogen) atoms. The topological polar surface area (TPSA) is 56.5 Å². The molecule has 0 amide bonds. The van der Waals surface area contributed by atoms with Gasteiger partial charge in [0.05, 0.1) is 18.8 Å². The summed E-state index contributed by atoms with van der Waals surface area (Å²) >= 11 is 3.58. The Labute approximate surface area is 135 Å². The van der Waals surface area contributed by atoms with Gasteiger partial charge in [0.2, 0.25) is 0 Å². The minimum atomic E-state index is 0.00181. The molecule has 0 bridgehead atoms. The Morgan fingerprint density at radius 2 is 2.14 bits per heavy atom. The van der Waals surface area contributed by atoms with Crippen LogP contribution in [0.25, 0.3) is 0 Å². The first kappa shape index (κ1) is 16.7. The van der Waals surface area contributed by atoms with Crippen LogP contribution in [0.2, 0.25) is 0 Å². The Bertz CT molecular complexity index is 500. The predicted molar refractivity (Wildman–Crippen MR) is 88.4 cm³/mol. The number of hydrazine groups is 1. The molecule has 2 atom stereocenters. The third-order valence-electron chi connectivity index (χ3n) is 3.95. The molecule has 5 heteroatoms. The fourth-order valence-corrected chi connectivity index (χ4v) is 3.66. The Balaban J connectivity index is 2.27. The first-order valence-electron chi connectivity index (χ1n) is 7.30. The van der Waals surface area contributed by atoms with Crippen LogP contribution >= 0.6 is 15.9 Å². The maximum Gasteiger partial charge on any atom is 0.125 e. The van der Waals surface area contributed by atoms with E-state index in [1.165, 1.54) is 11.1 Å². The zero-order chi connectivity index (χ0) is 15.6. The molecule has 2 unspecified atom stereocenters. The number of halogens is 1. The lowest BCUT2D eigenvalue weighted by Gasteiger charge is -2.35. The van der Waals surface area contributed by atoms with E-state index < -0.39 is 0 Å². The molecule has 0 saturated carbocycles. The molecule has 1 aromatic rings. The number of fused-ring (bicyclic) bond motifs is 1. The summed E-state index contributed by atoms with van der Waals surface area (Å²) in [5, 5.41) is 0. The van der Waals surface area contributed by atoms with Gasteiger partial charge in [-0.25, -0.2) is 0 Å². The van der Waals surface area contributed by atoms with Gasteiger partial charge in [-0.05, 0) is 35.1 Å². The van der Waals surface area contributed by atoms with Crippen LogP contribution in [0.1, 0.15) is 31.9 Å². The van der Waals surface area contributed by atoms with E-state index in [1.54, 1.807) is 7.11 Å². The van der Waals surface area contributed by atoms with Crippen molar-refractivity contribution in [1.29, 1.82) is 0 Å². The molecule has 3 N–H and O–H groups in total. The standard InChI is InChI=1S/C16H25BrN2O2/c1-16(2,3)15(20-4)13(19-18)9-11-8-12(17)7-10-5-6-21-14(10)11/h7-8,13,15,19H,5-6,9,18H2,1-4H3. The number of methoxy groups -OCH3 is 1. The normalized spacial score (nSPS) is 17.2. The van der Waals surface area contributed by atoms with E-state index in [1.807, 2.05) is 0 Å². The van der Waals surface area contributed by atoms with Gasteiger partial charge >= 0.3 is 0 Å². The summed E-state index contributed by atoms with van der Waals surface area (Å²) in [5.41, 5.74) is 5.36. The van der Waals surface area contributed by atoms with E-state index in [2.05, 4.69) is 54.3 Å². The van der Waals surface area contributed by atoms with Crippen LogP contribution in [-0.2, 0) is 17.6 Å². The third kappa shape index (κ3) is 3.77. The minimum Gasteiger partial charge on any atom is -0.493 e. The highest BCUT2D eigenvalue weighted by atomic mass is 79.9. The van der Waals surface area contributed by atoms with E-state index in [0.717, 1.165) is 29.7 Å². The van der Waals surface area contributed by atoms with Crippen molar-refractivity contribution in [3.05, 3.63) is 27.7 Å². The van der Waals surface area contributed by atoms with Crippen molar-refractivity contribution in [3.8, 4) is 5.75 Å². The first-order valence-corrected chi connectivity index (χ1v) is 8.09. The second kappa shape index (κ2) is 6.65. The Hall–Kier alpha value is -0.620. The minimum absolute atomic E-state index is 0.00181. The molecule has 0 radical (unpaired) electrons. The van der Waals surface area contributed by atoms with Gasteiger partial charge < -0.3 is 9.47 Å². The molecule has 0 fully saturated rings. The van der Waals surface area contributed by atoms with Gasteiger partial charge in [0, 0.05) is 18.0 Å². The number of hydrogen-bond donors (Lipinski definition) is 2. The zero-order valence-corrected chi connectivity index (χ0v) is 14.8. The average molecular weight is 357 g/mol. The van der Waals surface area contributed by atoms with Gasteiger partial charge in [0.1, 0.15) is 5.75 Å². The summed E-state index contributed by atoms with van der Waals surface area (Å²) in [5.74, 6) is 6.81. The number of ether oxygens (including phenoxy) is 2. The van der Waals surface area contributed by atoms with Gasteiger partial charge in [-0.3, -0.25) is 11.3 Å². The van der Waals surface area contributed by atoms with E-state index in [4.69, 9.17) is 15.3 Å². The SMILES string of the molecule is COC(C(Cc1cc(Br)cc2c1OCC2)NN)C(C)(C)C. The smallest absolute Gasteiger partial charge is 0.125 e. The van der Waals surface area contributed by atoms with Gasteiger partial charge in [-0.2, -0.15) is 0 Å². The molecule has 1 aromatic carbocycles. The zero-order valence-electron chi connectivity index (χ0n) is 13.2. The second-order valence-corrected chi connectivity index (χ2v) is 7.57. The first-order chi connectivity index (χ1) is 9.86. The number of hydrogen-bond acceptors (Lipinski definition) is 4. The fraction of sp³-hybridized carbons (Fsp3) is 0.625. The summed E-state index contributed by atoms with van der Waals surface area (Å²) in [6.45, 7) is 7.24. The molecule has 0 saturated heterocycles. The van der Waals surface area contributed by atoms with Crippen molar-refractivity contribution in [2.24, 2.45) is 11.3 Å². The molecule has 0 spiro atoms. The van der Waals surface area contributed by atoms with Crippen LogP contribution in [-0.4, -0.2) is 25.9 Å². The van der Waals surface area contributed by atoms with Crippen LogP contribution < -0.4 is 16.0 Å². The molecule has 0 aromatic heterocycles. The summed E-state index contributed by atoms with van der Waals surface area (Å²) in [7, 11) is 1.74. The number of nitrogens with two attached hydrogens (primary N) is 1. The number of benzene rings is 1. The lowest BCUT2D eigenvalue weighted by atomic mass is 9.82. The van der Waals surface area contributed by atoms with Crippen LogP contribution in [0.5, 0.6) is 5.75 Å². The van der Waals surface area contributed by atoms with Crippen LogP contribution in [0.3, 0.4) is 0 Å². The lowest BCUT2D eigenvalue weighted by molar-refractivity contribution is -0.0111. The van der Waals surface area contributed by atoms with Crippen molar-refractivity contribution in [2.45, 2.75) is 45.8 Å². The Morgan fingerprint density at radius 1 is 1.43 bits per heavy atom. The largest absolute Gasteiger partial charge is 0.493 e. The lowest BCUT2D eigenvalue weighted by Crippen LogP contribution is -2.51. The fourth-order valence-electron chi connectivity index (χ4n) is 3.11. The van der Waals surface area contributed by atoms with Crippen molar-refractivity contribution in [2.75, 3.05) is 13.7 Å². The van der Waals surface area contributed by atoms with E-state index in [9.17, 15) is 0 Å². The van der Waals surface area contributed by atoms with Gasteiger partial charge in [-0.15, -0.1) is 0 Å². The highest BCUT2D eigenvalue weighted by molar-refractivity contribution is 9.10. The van der Waals surface area contributed by atoms with E-state index in [-0.39, 0.29) is 17.6 Å². The highest BCUT2D eigenvalue weighted by Crippen LogP contribution is 2.35. The molecule has 2 rings (SSSR count). The Morgan fingerprint density at radius 3 is 2.71 bits per heavy atom. The maximum atomic E-state index is 5.80. The molecule has 0 aliphatic carbocycles. The van der Waals surface area contributed by atoms with Crippen molar-refractivity contribution in [3.63, 3.8) is 0 Å². The molecule has 4 nitrogen and oxygen atoms in total. The van der Waals surface area contributed by atoms with Gasteiger partial charge in [0.25, 0.3) is 0 Å². The van der Waals surface area contributed by atoms with Gasteiger partial charge in [-0.1, -0.05) is 36.7 Å². The summed E-state index contributed by atoms with van der Waals surface area (Å²) in [6, 6.07) is 4.27. The Kier molecular flexibility index (Phi) is 5.30. The number of rotatable bonds is 5. The van der Waals surface area contributed by atoms with E-state index in [0.29, 0.717) is 0 Å². The number of nitrogens with one attached hydrogen (secondary N) is 1. The molecular formula is C16H25BrN2O2. The van der Waals surface area contributed by atoms with Crippen LogP contribution in [0, 0.1) is 5.41 Å². The third-order valence-corrected chi connectivity index (χ3v) is 4.41. The second-order valence-electron chi connectivity index (χ2n) is 6.65. The monoisotopic (exact) mass is 356 g/mol. The van der Waals surface area contributed by atoms with Crippen molar-refractivity contribution < 1.29 is 9.47 Å². The highest BCUT2D eigenvalue weighted by Gasteiger charge is 2.33. The summed E-state index contributed by atoms with van der Waals surface area (Å²) in [4.78, 5) is 0. The summed E-state index contributed by atoms with van der Waals surface area (Å²) < 4.78 is 12.6. The summed E-state index contributed by atoms with van der Waals surface area (Å²) in [6.07, 6.45) is 1.75. The van der Waals surface area contributed by atoms with Crippen molar-refractivity contribution >= 4 is 15.9 Å². The quantitative estimate of drug-likeness (QED) is 0.629. The van der Waals surface area contributed by atoms with E-state index >= 15 is 0 Å². The maximum absolute atomic E-state index is 5.80.